The van der Waals surface area contributed by atoms with Gasteiger partial charge in [0.25, 0.3) is 0 Å². The molecule has 9 heteroatoms. The number of aromatic amines is 1. The Morgan fingerprint density at radius 1 is 1.07 bits per heavy atom. The first-order chi connectivity index (χ1) is 14.7. The number of hydrogen-bond acceptors (Lipinski definition) is 6. The number of H-pyrrole nitrogens is 1. The molecule has 156 valence electrons. The summed E-state index contributed by atoms with van der Waals surface area (Å²) in [5, 5.41) is 10.5. The summed E-state index contributed by atoms with van der Waals surface area (Å²) in [5.41, 5.74) is 1.42. The van der Waals surface area contributed by atoms with Crippen molar-refractivity contribution in [3.05, 3.63) is 59.6 Å². The van der Waals surface area contributed by atoms with Crippen LogP contribution in [0, 0.1) is 11.6 Å². The molecule has 30 heavy (non-hydrogen) atoms. The van der Waals surface area contributed by atoms with Crippen LogP contribution in [0.25, 0.3) is 0 Å². The number of aromatic nitrogens is 4. The van der Waals surface area contributed by atoms with Crippen LogP contribution < -0.4 is 10.2 Å². The Bertz CT molecular complexity index is 1040. The molecule has 3 aromatic rings. The Balaban J connectivity index is 1.35. The summed E-state index contributed by atoms with van der Waals surface area (Å²) in [4.78, 5) is 10.7. The van der Waals surface area contributed by atoms with E-state index in [0.717, 1.165) is 50.6 Å². The Kier molecular flexibility index (Phi) is 5.04. The summed E-state index contributed by atoms with van der Waals surface area (Å²) >= 11 is 0. The smallest absolute Gasteiger partial charge is 0.153 e. The maximum Gasteiger partial charge on any atom is 0.153 e. The van der Waals surface area contributed by atoms with Crippen LogP contribution in [0.3, 0.4) is 0 Å². The fourth-order valence-corrected chi connectivity index (χ4v) is 4.23. The van der Waals surface area contributed by atoms with Crippen molar-refractivity contribution < 1.29 is 13.5 Å². The lowest BCUT2D eigenvalue weighted by molar-refractivity contribution is 0.108. The van der Waals surface area contributed by atoms with E-state index >= 15 is 0 Å². The van der Waals surface area contributed by atoms with Crippen molar-refractivity contribution in [1.82, 2.24) is 20.2 Å². The molecule has 2 unspecified atom stereocenters. The highest BCUT2D eigenvalue weighted by Gasteiger charge is 2.29. The highest BCUT2D eigenvalue weighted by atomic mass is 19.1. The van der Waals surface area contributed by atoms with Gasteiger partial charge in [-0.3, -0.25) is 5.10 Å². The maximum atomic E-state index is 14.4. The summed E-state index contributed by atoms with van der Waals surface area (Å²) in [5.74, 6) is 0.824. The number of hydrogen-bond donors (Lipinski definition) is 2. The molecule has 0 spiro atoms. The van der Waals surface area contributed by atoms with Crippen LogP contribution in [0.4, 0.5) is 26.2 Å². The molecule has 2 aliphatic rings. The van der Waals surface area contributed by atoms with Gasteiger partial charge >= 0.3 is 0 Å². The van der Waals surface area contributed by atoms with E-state index in [1.165, 1.54) is 18.5 Å². The van der Waals surface area contributed by atoms with Gasteiger partial charge in [0.2, 0.25) is 0 Å². The second kappa shape index (κ2) is 7.98. The molecule has 2 atom stereocenters. The van der Waals surface area contributed by atoms with Crippen LogP contribution in [0.15, 0.2) is 36.7 Å². The standard InChI is InChI=1S/C21H22F2N6O/c22-13-5-6-14(15(23)9-13)17-3-1-7-29(17)21-11-19(24-12-25-21)26-20-10-16(27-28-20)18-4-2-8-30-18/h5-6,9-12,17-18H,1-4,7-8H2,(H2,24,25,26,27,28). The van der Waals surface area contributed by atoms with Crippen molar-refractivity contribution in [1.29, 1.82) is 0 Å². The van der Waals surface area contributed by atoms with Gasteiger partial charge in [-0.2, -0.15) is 5.10 Å². The first-order valence-electron chi connectivity index (χ1n) is 10.1. The number of ether oxygens (including phenoxy) is 1. The maximum absolute atomic E-state index is 14.4. The van der Waals surface area contributed by atoms with Crippen LogP contribution in [0.2, 0.25) is 0 Å². The highest BCUT2D eigenvalue weighted by molar-refractivity contribution is 5.57. The van der Waals surface area contributed by atoms with Gasteiger partial charge in [0.1, 0.15) is 29.6 Å². The first-order valence-corrected chi connectivity index (χ1v) is 10.1. The Morgan fingerprint density at radius 3 is 2.83 bits per heavy atom. The third kappa shape index (κ3) is 3.72. The van der Waals surface area contributed by atoms with E-state index in [4.69, 9.17) is 4.74 Å². The molecule has 2 aromatic heterocycles. The number of benzene rings is 1. The molecule has 4 heterocycles. The number of rotatable bonds is 5. The van der Waals surface area contributed by atoms with E-state index in [1.54, 1.807) is 0 Å². The molecular formula is C21H22F2N6O. The minimum absolute atomic E-state index is 0.0602. The van der Waals surface area contributed by atoms with Gasteiger partial charge in [-0.1, -0.05) is 6.07 Å². The van der Waals surface area contributed by atoms with Gasteiger partial charge < -0.3 is 15.0 Å². The normalized spacial score (nSPS) is 21.3. The Morgan fingerprint density at radius 2 is 2.00 bits per heavy atom. The van der Waals surface area contributed by atoms with Crippen molar-refractivity contribution in [2.45, 2.75) is 37.8 Å². The minimum Gasteiger partial charge on any atom is -0.372 e. The van der Waals surface area contributed by atoms with Crippen molar-refractivity contribution in [3.8, 4) is 0 Å². The minimum atomic E-state index is -0.573. The second-order valence-corrected chi connectivity index (χ2v) is 7.61. The lowest BCUT2D eigenvalue weighted by Gasteiger charge is -2.26. The molecule has 2 aliphatic heterocycles. The average molecular weight is 412 g/mol. The van der Waals surface area contributed by atoms with Gasteiger partial charge in [-0.25, -0.2) is 18.7 Å². The SMILES string of the molecule is Fc1ccc(C2CCCN2c2cc(Nc3cc(C4CCCO4)[nH]n3)ncn2)c(F)c1. The predicted molar refractivity (Wildman–Crippen MR) is 108 cm³/mol. The summed E-state index contributed by atoms with van der Waals surface area (Å²) < 4.78 is 33.3. The van der Waals surface area contributed by atoms with Crippen molar-refractivity contribution in [2.75, 3.05) is 23.4 Å². The lowest BCUT2D eigenvalue weighted by atomic mass is 10.0. The van der Waals surface area contributed by atoms with E-state index in [1.807, 2.05) is 17.0 Å². The van der Waals surface area contributed by atoms with Crippen molar-refractivity contribution in [2.24, 2.45) is 0 Å². The third-order valence-electron chi connectivity index (χ3n) is 5.65. The number of halogens is 2. The molecule has 2 N–H and O–H groups in total. The molecule has 0 aliphatic carbocycles. The van der Waals surface area contributed by atoms with Crippen molar-refractivity contribution >= 4 is 17.5 Å². The second-order valence-electron chi connectivity index (χ2n) is 7.61. The van der Waals surface area contributed by atoms with Crippen LogP contribution in [-0.2, 0) is 4.74 Å². The van der Waals surface area contributed by atoms with Gasteiger partial charge in [0, 0.05) is 36.9 Å². The molecule has 0 amide bonds. The van der Waals surface area contributed by atoms with Gasteiger partial charge in [0.05, 0.1) is 17.8 Å². The molecule has 0 radical (unpaired) electrons. The highest BCUT2D eigenvalue weighted by Crippen LogP contribution is 2.37. The number of anilines is 3. The first kappa shape index (κ1) is 18.9. The number of nitrogens with zero attached hydrogens (tertiary/aromatic N) is 4. The molecule has 0 saturated carbocycles. The quantitative estimate of drug-likeness (QED) is 0.646. The fourth-order valence-electron chi connectivity index (χ4n) is 4.23. The molecule has 2 saturated heterocycles. The van der Waals surface area contributed by atoms with E-state index in [2.05, 4.69) is 25.5 Å². The summed E-state index contributed by atoms with van der Waals surface area (Å²) in [7, 11) is 0. The number of nitrogens with one attached hydrogen (secondary N) is 2. The predicted octanol–water partition coefficient (Wildman–Crippen LogP) is 4.41. The molecule has 2 fully saturated rings. The van der Waals surface area contributed by atoms with E-state index in [-0.39, 0.29) is 12.1 Å². The zero-order valence-electron chi connectivity index (χ0n) is 16.3. The molecule has 7 nitrogen and oxygen atoms in total. The van der Waals surface area contributed by atoms with Gasteiger partial charge in [-0.05, 0) is 31.7 Å². The van der Waals surface area contributed by atoms with E-state index < -0.39 is 11.6 Å². The largest absolute Gasteiger partial charge is 0.372 e. The van der Waals surface area contributed by atoms with E-state index in [0.29, 0.717) is 23.0 Å². The van der Waals surface area contributed by atoms with Gasteiger partial charge in [-0.15, -0.1) is 0 Å². The van der Waals surface area contributed by atoms with E-state index in [9.17, 15) is 8.78 Å². The molecule has 0 bridgehead atoms. The van der Waals surface area contributed by atoms with Crippen LogP contribution >= 0.6 is 0 Å². The molecular weight excluding hydrogens is 390 g/mol. The Hall–Kier alpha value is -3.07. The average Bonchev–Trinajstić information content (AvgIpc) is 3.50. The summed E-state index contributed by atoms with van der Waals surface area (Å²) in [6, 6.07) is 7.30. The summed E-state index contributed by atoms with van der Waals surface area (Å²) in [6.45, 7) is 1.51. The zero-order chi connectivity index (χ0) is 20.5. The summed E-state index contributed by atoms with van der Waals surface area (Å²) in [6.07, 6.45) is 5.24. The van der Waals surface area contributed by atoms with Crippen LogP contribution in [-0.4, -0.2) is 33.3 Å². The Labute approximate surface area is 172 Å². The molecule has 1 aromatic carbocycles. The monoisotopic (exact) mass is 412 g/mol. The fraction of sp³-hybridized carbons (Fsp3) is 0.381. The van der Waals surface area contributed by atoms with Crippen LogP contribution in [0.5, 0.6) is 0 Å². The third-order valence-corrected chi connectivity index (χ3v) is 5.65. The van der Waals surface area contributed by atoms with Crippen LogP contribution in [0.1, 0.15) is 49.1 Å². The zero-order valence-corrected chi connectivity index (χ0v) is 16.3. The lowest BCUT2D eigenvalue weighted by Crippen LogP contribution is -2.24. The topological polar surface area (TPSA) is 79.0 Å². The van der Waals surface area contributed by atoms with Gasteiger partial charge in [0.15, 0.2) is 5.82 Å². The van der Waals surface area contributed by atoms with Crippen molar-refractivity contribution in [3.63, 3.8) is 0 Å². The molecule has 5 rings (SSSR count).